The number of hydrogen-bond acceptors (Lipinski definition) is 3. The molecule has 2 aromatic carbocycles. The first kappa shape index (κ1) is 12.5. The van der Waals surface area contributed by atoms with Crippen molar-refractivity contribution in [3.8, 4) is 5.75 Å². The second-order valence-electron chi connectivity index (χ2n) is 4.71. The van der Waals surface area contributed by atoms with Gasteiger partial charge in [0.15, 0.2) is 0 Å². The van der Waals surface area contributed by atoms with Crippen LogP contribution in [0.4, 0.5) is 11.4 Å². The van der Waals surface area contributed by atoms with Gasteiger partial charge >= 0.3 is 0 Å². The van der Waals surface area contributed by atoms with E-state index >= 15 is 0 Å². The number of nitrogen functional groups attached to an aromatic ring is 1. The second-order valence-corrected chi connectivity index (χ2v) is 4.71. The smallest absolute Gasteiger partial charge is 0.260 e. The third kappa shape index (κ3) is 2.20. The van der Waals surface area contributed by atoms with Crippen LogP contribution in [0.1, 0.15) is 16.8 Å². The van der Waals surface area contributed by atoms with Crippen LogP contribution in [0.3, 0.4) is 0 Å². The lowest BCUT2D eigenvalue weighted by molar-refractivity contribution is 0.0988. The van der Waals surface area contributed by atoms with Crippen molar-refractivity contribution in [2.75, 3.05) is 23.8 Å². The first-order chi connectivity index (χ1) is 9.77. The van der Waals surface area contributed by atoms with Crippen molar-refractivity contribution in [1.82, 2.24) is 0 Å². The van der Waals surface area contributed by atoms with Crippen LogP contribution in [0.2, 0.25) is 0 Å². The van der Waals surface area contributed by atoms with Crippen LogP contribution in [0.5, 0.6) is 5.75 Å². The maximum Gasteiger partial charge on any atom is 0.260 e. The number of amides is 1. The SMILES string of the molecule is Nc1ccccc1C(=O)N1CCCOc2ccccc21. The molecule has 0 saturated carbocycles. The van der Waals surface area contributed by atoms with E-state index < -0.39 is 0 Å². The highest BCUT2D eigenvalue weighted by Crippen LogP contribution is 2.32. The summed E-state index contributed by atoms with van der Waals surface area (Å²) in [5.74, 6) is 0.661. The molecule has 0 bridgehead atoms. The Morgan fingerprint density at radius 1 is 1.10 bits per heavy atom. The average molecular weight is 268 g/mol. The van der Waals surface area contributed by atoms with Crippen molar-refractivity contribution in [3.05, 3.63) is 54.1 Å². The molecule has 3 rings (SSSR count). The lowest BCUT2D eigenvalue weighted by atomic mass is 10.1. The summed E-state index contributed by atoms with van der Waals surface area (Å²) in [5.41, 5.74) is 7.74. The summed E-state index contributed by atoms with van der Waals surface area (Å²) in [6, 6.07) is 14.7. The Bertz CT molecular complexity index is 640. The van der Waals surface area contributed by atoms with E-state index in [9.17, 15) is 4.79 Å². The Morgan fingerprint density at radius 2 is 1.85 bits per heavy atom. The number of carbonyl (C=O) groups excluding carboxylic acids is 1. The second kappa shape index (κ2) is 5.25. The van der Waals surface area contributed by atoms with Gasteiger partial charge < -0.3 is 15.4 Å². The number of ether oxygens (including phenoxy) is 1. The van der Waals surface area contributed by atoms with E-state index in [0.29, 0.717) is 24.4 Å². The van der Waals surface area contributed by atoms with Gasteiger partial charge in [-0.25, -0.2) is 0 Å². The maximum absolute atomic E-state index is 12.7. The summed E-state index contributed by atoms with van der Waals surface area (Å²) in [7, 11) is 0. The predicted molar refractivity (Wildman–Crippen MR) is 79.1 cm³/mol. The lowest BCUT2D eigenvalue weighted by Crippen LogP contribution is -2.32. The van der Waals surface area contributed by atoms with E-state index in [1.54, 1.807) is 17.0 Å². The van der Waals surface area contributed by atoms with Gasteiger partial charge in [0, 0.05) is 12.2 Å². The fourth-order valence-corrected chi connectivity index (χ4v) is 2.38. The highest BCUT2D eigenvalue weighted by molar-refractivity contribution is 6.10. The minimum atomic E-state index is -0.0824. The number of benzene rings is 2. The zero-order chi connectivity index (χ0) is 13.9. The van der Waals surface area contributed by atoms with Crippen molar-refractivity contribution in [1.29, 1.82) is 0 Å². The van der Waals surface area contributed by atoms with Crippen LogP contribution in [0.15, 0.2) is 48.5 Å². The molecule has 4 heteroatoms. The van der Waals surface area contributed by atoms with Crippen LogP contribution in [0.25, 0.3) is 0 Å². The fourth-order valence-electron chi connectivity index (χ4n) is 2.38. The Hall–Kier alpha value is -2.49. The summed E-state index contributed by atoms with van der Waals surface area (Å²) in [4.78, 5) is 14.5. The van der Waals surface area contributed by atoms with E-state index in [1.165, 1.54) is 0 Å². The van der Waals surface area contributed by atoms with Crippen molar-refractivity contribution in [2.45, 2.75) is 6.42 Å². The molecule has 1 amide bonds. The molecule has 0 saturated heterocycles. The van der Waals surface area contributed by atoms with Crippen LogP contribution >= 0.6 is 0 Å². The van der Waals surface area contributed by atoms with Crippen LogP contribution in [-0.2, 0) is 0 Å². The molecule has 0 aliphatic carbocycles. The monoisotopic (exact) mass is 268 g/mol. The molecule has 20 heavy (non-hydrogen) atoms. The topological polar surface area (TPSA) is 55.6 Å². The van der Waals surface area contributed by atoms with E-state index in [2.05, 4.69) is 0 Å². The van der Waals surface area contributed by atoms with Gasteiger partial charge in [-0.15, -0.1) is 0 Å². The largest absolute Gasteiger partial charge is 0.491 e. The Labute approximate surface area is 117 Å². The van der Waals surface area contributed by atoms with Crippen LogP contribution in [-0.4, -0.2) is 19.1 Å². The quantitative estimate of drug-likeness (QED) is 0.809. The minimum absolute atomic E-state index is 0.0824. The standard InChI is InChI=1S/C16H16N2O2/c17-13-7-2-1-6-12(13)16(19)18-10-5-11-20-15-9-4-3-8-14(15)18/h1-4,6-9H,5,10-11,17H2. The third-order valence-electron chi connectivity index (χ3n) is 3.38. The van der Waals surface area contributed by atoms with Gasteiger partial charge in [-0.3, -0.25) is 4.79 Å². The molecule has 4 nitrogen and oxygen atoms in total. The molecule has 2 aromatic rings. The Morgan fingerprint density at radius 3 is 2.70 bits per heavy atom. The van der Waals surface area contributed by atoms with Gasteiger partial charge in [-0.1, -0.05) is 24.3 Å². The van der Waals surface area contributed by atoms with Crippen molar-refractivity contribution >= 4 is 17.3 Å². The highest BCUT2D eigenvalue weighted by atomic mass is 16.5. The summed E-state index contributed by atoms with van der Waals surface area (Å²) in [6.07, 6.45) is 0.799. The molecule has 0 spiro atoms. The molecule has 0 atom stereocenters. The van der Waals surface area contributed by atoms with Gasteiger partial charge in [0.1, 0.15) is 5.75 Å². The molecular weight excluding hydrogens is 252 g/mol. The zero-order valence-corrected chi connectivity index (χ0v) is 11.1. The number of hydrogen-bond donors (Lipinski definition) is 1. The van der Waals surface area contributed by atoms with E-state index in [0.717, 1.165) is 17.9 Å². The number of nitrogens with zero attached hydrogens (tertiary/aromatic N) is 1. The summed E-state index contributed by atoms with van der Waals surface area (Å²) >= 11 is 0. The number of carbonyl (C=O) groups is 1. The predicted octanol–water partition coefficient (Wildman–Crippen LogP) is 2.70. The van der Waals surface area contributed by atoms with Gasteiger partial charge in [0.25, 0.3) is 5.91 Å². The van der Waals surface area contributed by atoms with Gasteiger partial charge in [0.05, 0.1) is 17.9 Å². The van der Waals surface area contributed by atoms with E-state index in [1.807, 2.05) is 36.4 Å². The highest BCUT2D eigenvalue weighted by Gasteiger charge is 2.23. The molecule has 1 aliphatic rings. The zero-order valence-electron chi connectivity index (χ0n) is 11.1. The number of anilines is 2. The summed E-state index contributed by atoms with van der Waals surface area (Å²) < 4.78 is 5.67. The molecule has 0 unspecified atom stereocenters. The van der Waals surface area contributed by atoms with Crippen LogP contribution in [0, 0.1) is 0 Å². The molecule has 2 N–H and O–H groups in total. The molecule has 1 aliphatic heterocycles. The van der Waals surface area contributed by atoms with Crippen molar-refractivity contribution in [2.24, 2.45) is 0 Å². The first-order valence-electron chi connectivity index (χ1n) is 6.65. The van der Waals surface area contributed by atoms with E-state index in [4.69, 9.17) is 10.5 Å². The van der Waals surface area contributed by atoms with Gasteiger partial charge in [0.2, 0.25) is 0 Å². The summed E-state index contributed by atoms with van der Waals surface area (Å²) in [5, 5.41) is 0. The number of nitrogens with two attached hydrogens (primary N) is 1. The van der Waals surface area contributed by atoms with Crippen molar-refractivity contribution < 1.29 is 9.53 Å². The first-order valence-corrected chi connectivity index (χ1v) is 6.65. The normalized spacial score (nSPS) is 14.1. The number of fused-ring (bicyclic) bond motifs is 1. The molecule has 102 valence electrons. The fraction of sp³-hybridized carbons (Fsp3) is 0.188. The van der Waals surface area contributed by atoms with Gasteiger partial charge in [-0.2, -0.15) is 0 Å². The minimum Gasteiger partial charge on any atom is -0.491 e. The molecule has 0 aromatic heterocycles. The average Bonchev–Trinajstić information content (AvgIpc) is 2.69. The van der Waals surface area contributed by atoms with Crippen LogP contribution < -0.4 is 15.4 Å². The molecular formula is C16H16N2O2. The van der Waals surface area contributed by atoms with Crippen molar-refractivity contribution in [3.63, 3.8) is 0 Å². The lowest BCUT2D eigenvalue weighted by Gasteiger charge is -2.22. The number of rotatable bonds is 1. The third-order valence-corrected chi connectivity index (χ3v) is 3.38. The van der Waals surface area contributed by atoms with E-state index in [-0.39, 0.29) is 5.91 Å². The molecule has 0 fully saturated rings. The molecule has 0 radical (unpaired) electrons. The number of para-hydroxylation sites is 3. The Balaban J connectivity index is 2.02. The summed E-state index contributed by atoms with van der Waals surface area (Å²) in [6.45, 7) is 1.25. The Kier molecular flexibility index (Phi) is 3.29. The maximum atomic E-state index is 12.7. The van der Waals surface area contributed by atoms with Gasteiger partial charge in [-0.05, 0) is 30.7 Å². The molecule has 1 heterocycles.